The van der Waals surface area contributed by atoms with Crippen molar-refractivity contribution in [3.63, 3.8) is 0 Å². The third kappa shape index (κ3) is 3.43. The summed E-state index contributed by atoms with van der Waals surface area (Å²) in [6.07, 6.45) is 0. The molecular weight excluding hydrogens is 593 g/mol. The molecule has 0 saturated carbocycles. The lowest BCUT2D eigenvalue weighted by molar-refractivity contribution is 0.809. The Balaban J connectivity index is 1.17. The van der Waals surface area contributed by atoms with E-state index in [0.29, 0.717) is 0 Å². The fourth-order valence-corrected chi connectivity index (χ4v) is 9.18. The highest BCUT2D eigenvalue weighted by Gasteiger charge is 2.53. The first-order valence-electron chi connectivity index (χ1n) is 17.0. The van der Waals surface area contributed by atoms with Gasteiger partial charge in [0.15, 0.2) is 0 Å². The number of imidazole rings is 1. The van der Waals surface area contributed by atoms with Gasteiger partial charge in [0.1, 0.15) is 5.82 Å². The molecule has 0 atom stereocenters. The zero-order valence-electron chi connectivity index (χ0n) is 27.0. The van der Waals surface area contributed by atoms with Gasteiger partial charge in [-0.3, -0.25) is 0 Å². The first-order chi connectivity index (χ1) is 24.2. The van der Waals surface area contributed by atoms with E-state index in [2.05, 4.69) is 175 Å². The maximum absolute atomic E-state index is 4.99. The highest BCUT2D eigenvalue weighted by molar-refractivity contribution is 6.09. The van der Waals surface area contributed by atoms with Gasteiger partial charge in [0.05, 0.1) is 16.4 Å². The lowest BCUT2D eigenvalue weighted by atomic mass is 9.68. The summed E-state index contributed by atoms with van der Waals surface area (Å²) in [7, 11) is 2.10. The Kier molecular flexibility index (Phi) is 5.28. The van der Waals surface area contributed by atoms with Crippen LogP contribution in [0.1, 0.15) is 22.3 Å². The van der Waals surface area contributed by atoms with Gasteiger partial charge in [-0.25, -0.2) is 4.98 Å². The fraction of sp³-hybridized carbons (Fsp3) is 0.0426. The van der Waals surface area contributed by atoms with Crippen LogP contribution in [-0.2, 0) is 12.5 Å². The number of fused-ring (bicyclic) bond motifs is 15. The molecule has 0 fully saturated rings. The van der Waals surface area contributed by atoms with Gasteiger partial charge in [-0.05, 0) is 101 Å². The Hall–Kier alpha value is -6.25. The number of hydrogen-bond donors (Lipinski definition) is 0. The van der Waals surface area contributed by atoms with Crippen LogP contribution in [0.4, 0.5) is 0 Å². The smallest absolute Gasteiger partial charge is 0.140 e. The third-order valence-corrected chi connectivity index (χ3v) is 11.2. The van der Waals surface area contributed by atoms with Crippen LogP contribution in [0.25, 0.3) is 77.3 Å². The van der Waals surface area contributed by atoms with Crippen LogP contribution in [0.5, 0.6) is 0 Å². The van der Waals surface area contributed by atoms with Crippen LogP contribution in [0.15, 0.2) is 164 Å². The van der Waals surface area contributed by atoms with Crippen molar-refractivity contribution < 1.29 is 0 Å². The van der Waals surface area contributed by atoms with Crippen LogP contribution in [-0.4, -0.2) is 9.55 Å². The van der Waals surface area contributed by atoms with Gasteiger partial charge in [0.25, 0.3) is 0 Å². The fourth-order valence-electron chi connectivity index (χ4n) is 9.18. The van der Waals surface area contributed by atoms with Gasteiger partial charge in [-0.15, -0.1) is 0 Å². The minimum atomic E-state index is -0.417. The summed E-state index contributed by atoms with van der Waals surface area (Å²) in [5.74, 6) is 0.979. The van der Waals surface area contributed by atoms with Gasteiger partial charge >= 0.3 is 0 Å². The molecule has 0 N–H and O–H groups in total. The summed E-state index contributed by atoms with van der Waals surface area (Å²) in [5, 5.41) is 5.16. The lowest BCUT2D eigenvalue weighted by Crippen LogP contribution is -2.26. The number of rotatable bonds is 2. The normalized spacial score (nSPS) is 13.6. The number of aryl methyl sites for hydroxylation is 1. The van der Waals surface area contributed by atoms with Gasteiger partial charge < -0.3 is 4.57 Å². The Labute approximate surface area is 284 Å². The summed E-state index contributed by atoms with van der Waals surface area (Å²) < 4.78 is 2.19. The average Bonchev–Trinajstić information content (AvgIpc) is 3.78. The lowest BCUT2D eigenvalue weighted by Gasteiger charge is -2.32. The van der Waals surface area contributed by atoms with Gasteiger partial charge in [-0.2, -0.15) is 0 Å². The highest BCUT2D eigenvalue weighted by atomic mass is 15.1. The van der Waals surface area contributed by atoms with E-state index < -0.39 is 5.41 Å². The average molecular weight is 623 g/mol. The molecule has 0 bridgehead atoms. The highest BCUT2D eigenvalue weighted by Crippen LogP contribution is 2.65. The van der Waals surface area contributed by atoms with E-state index in [-0.39, 0.29) is 0 Å². The first kappa shape index (κ1) is 26.8. The van der Waals surface area contributed by atoms with Crippen molar-refractivity contribution in [2.75, 3.05) is 0 Å². The Morgan fingerprint density at radius 3 is 1.84 bits per heavy atom. The predicted octanol–water partition coefficient (Wildman–Crippen LogP) is 11.6. The monoisotopic (exact) mass is 622 g/mol. The molecule has 2 aliphatic rings. The Bertz CT molecular complexity index is 2810. The van der Waals surface area contributed by atoms with E-state index in [0.717, 1.165) is 22.4 Å². The minimum absolute atomic E-state index is 0.417. The molecule has 0 aliphatic heterocycles. The molecule has 2 heteroatoms. The molecule has 49 heavy (non-hydrogen) atoms. The number of aromatic nitrogens is 2. The quantitative estimate of drug-likeness (QED) is 0.188. The summed E-state index contributed by atoms with van der Waals surface area (Å²) >= 11 is 0. The van der Waals surface area contributed by atoms with Crippen molar-refractivity contribution in [2.24, 2.45) is 7.05 Å². The number of nitrogens with zero attached hydrogens (tertiary/aromatic N) is 2. The maximum atomic E-state index is 4.99. The molecule has 0 unspecified atom stereocenters. The van der Waals surface area contributed by atoms with Crippen LogP contribution in [0.3, 0.4) is 0 Å². The van der Waals surface area contributed by atoms with E-state index in [1.807, 2.05) is 0 Å². The van der Waals surface area contributed by atoms with Crippen LogP contribution in [0, 0.1) is 0 Å². The first-order valence-corrected chi connectivity index (χ1v) is 17.0. The molecular formula is C47H30N2. The molecule has 9 aromatic rings. The van der Waals surface area contributed by atoms with Crippen molar-refractivity contribution in [3.05, 3.63) is 186 Å². The van der Waals surface area contributed by atoms with Crippen molar-refractivity contribution in [1.82, 2.24) is 9.55 Å². The molecule has 2 aliphatic carbocycles. The second-order valence-corrected chi connectivity index (χ2v) is 13.5. The van der Waals surface area contributed by atoms with Crippen molar-refractivity contribution >= 4 is 32.6 Å². The number of hydrogen-bond acceptors (Lipinski definition) is 1. The molecule has 0 saturated heterocycles. The Morgan fingerprint density at radius 2 is 1.06 bits per heavy atom. The van der Waals surface area contributed by atoms with Gasteiger partial charge in [-0.1, -0.05) is 140 Å². The minimum Gasteiger partial charge on any atom is -0.327 e. The summed E-state index contributed by atoms with van der Waals surface area (Å²) in [6, 6.07) is 60.7. The molecule has 0 radical (unpaired) electrons. The van der Waals surface area contributed by atoms with E-state index in [4.69, 9.17) is 4.98 Å². The largest absolute Gasteiger partial charge is 0.327 e. The molecule has 228 valence electrons. The molecule has 1 aromatic heterocycles. The van der Waals surface area contributed by atoms with Gasteiger partial charge in [0.2, 0.25) is 0 Å². The number of para-hydroxylation sites is 2. The molecule has 11 rings (SSSR count). The zero-order valence-corrected chi connectivity index (χ0v) is 27.0. The van der Waals surface area contributed by atoms with Crippen molar-refractivity contribution in [1.29, 1.82) is 0 Å². The molecule has 1 heterocycles. The second kappa shape index (κ2) is 9.65. The Morgan fingerprint density at radius 1 is 0.449 bits per heavy atom. The SMILES string of the molecule is Cn1c(-c2cccc(-c3ccc4c5c(ccc4c3)-c3ccc4ccccc4c3C53c4ccccc4-c4ccccc43)c2)nc2ccccc21. The molecule has 2 nitrogen and oxygen atoms in total. The molecule has 0 amide bonds. The van der Waals surface area contributed by atoms with Crippen LogP contribution >= 0.6 is 0 Å². The van der Waals surface area contributed by atoms with Crippen molar-refractivity contribution in [3.8, 4) is 44.8 Å². The van der Waals surface area contributed by atoms with Gasteiger partial charge in [0, 0.05) is 12.6 Å². The second-order valence-electron chi connectivity index (χ2n) is 13.5. The van der Waals surface area contributed by atoms with E-state index in [9.17, 15) is 0 Å². The zero-order chi connectivity index (χ0) is 32.3. The van der Waals surface area contributed by atoms with Crippen LogP contribution < -0.4 is 0 Å². The van der Waals surface area contributed by atoms with Crippen molar-refractivity contribution in [2.45, 2.75) is 5.41 Å². The summed E-state index contributed by atoms with van der Waals surface area (Å²) in [6.45, 7) is 0. The van der Waals surface area contributed by atoms with E-state index >= 15 is 0 Å². The topological polar surface area (TPSA) is 17.8 Å². The van der Waals surface area contributed by atoms with Crippen LogP contribution in [0.2, 0.25) is 0 Å². The van der Waals surface area contributed by atoms with E-state index in [1.54, 1.807) is 0 Å². The molecule has 1 spiro atoms. The molecule has 8 aromatic carbocycles. The maximum Gasteiger partial charge on any atom is 0.140 e. The van der Waals surface area contributed by atoms with E-state index in [1.165, 1.54) is 77.2 Å². The number of benzene rings is 8. The standard InChI is InChI=1S/C47H30N2/c1-49-43-20-9-8-19-42(43)48-46(49)33-13-10-12-30(28-33)31-22-24-35-32(27-31)23-26-39-38-25-21-29-11-2-3-14-34(29)44(38)47(45(35)39)40-17-6-4-15-36(40)37-16-5-7-18-41(37)47/h2-28H,1H3. The summed E-state index contributed by atoms with van der Waals surface area (Å²) in [5.41, 5.74) is 16.1. The predicted molar refractivity (Wildman–Crippen MR) is 203 cm³/mol. The third-order valence-electron chi connectivity index (χ3n) is 11.2. The summed E-state index contributed by atoms with van der Waals surface area (Å²) in [4.78, 5) is 4.99.